The Labute approximate surface area is 449 Å². The lowest BCUT2D eigenvalue weighted by atomic mass is 9.85. The number of aryl methyl sites for hydroxylation is 1. The Hall–Kier alpha value is -6.67. The van der Waals surface area contributed by atoms with Crippen molar-refractivity contribution >= 4 is 46.1 Å². The summed E-state index contributed by atoms with van der Waals surface area (Å²) in [6.07, 6.45) is 0.169. The standard InChI is InChI=1S/C58H73N5O12S/c1-6-49(41-11-17-45(64)18-12-41)53(42-13-19-46(65)20-14-42)43-15-21-48(22-16-43)75-28-25-59-51(67)23-26-71-29-31-73-33-34-74-32-30-72-27-24-52(68)62-55(58(3,4)5)57(70)63-37-47(66)35-50(63)56(69)60-36-40-7-9-44(10-8-40)54-39(2)61-38-76-54/h7-22,38,47,50,55,64-66H,6,23-37H2,1-5H3,(H,59,67)(H,60,69)(H,62,68)/t47-,50+,55-/m1/s1. The minimum atomic E-state index is -0.941. The van der Waals surface area contributed by atoms with Crippen molar-refractivity contribution in [3.63, 3.8) is 0 Å². The molecule has 0 saturated carbocycles. The van der Waals surface area contributed by atoms with E-state index in [1.54, 1.807) is 35.6 Å². The van der Waals surface area contributed by atoms with Crippen LogP contribution in [0.25, 0.3) is 21.6 Å². The molecule has 5 aromatic rings. The van der Waals surface area contributed by atoms with Gasteiger partial charge in [-0.05, 0) is 94.1 Å². The van der Waals surface area contributed by atoms with Crippen LogP contribution in [0.15, 0.2) is 103 Å². The molecule has 0 aliphatic carbocycles. The highest BCUT2D eigenvalue weighted by Crippen LogP contribution is 2.36. The van der Waals surface area contributed by atoms with Crippen molar-refractivity contribution in [3.05, 3.63) is 131 Å². The number of nitrogens with zero attached hydrogens (tertiary/aromatic N) is 2. The number of carbonyl (C=O) groups is 4. The summed E-state index contributed by atoms with van der Waals surface area (Å²) in [5, 5.41) is 39.0. The molecular weight excluding hydrogens is 991 g/mol. The predicted molar refractivity (Wildman–Crippen MR) is 292 cm³/mol. The lowest BCUT2D eigenvalue weighted by Crippen LogP contribution is -2.57. The largest absolute Gasteiger partial charge is 0.508 e. The maximum Gasteiger partial charge on any atom is 0.246 e. The summed E-state index contributed by atoms with van der Waals surface area (Å²) in [5.74, 6) is -0.297. The number of benzene rings is 4. The van der Waals surface area contributed by atoms with Crippen LogP contribution >= 0.6 is 11.3 Å². The van der Waals surface area contributed by atoms with Gasteiger partial charge in [-0.1, -0.05) is 88.4 Å². The molecule has 0 spiro atoms. The van der Waals surface area contributed by atoms with Gasteiger partial charge in [0, 0.05) is 32.4 Å². The zero-order valence-electron chi connectivity index (χ0n) is 44.2. The first kappa shape index (κ1) is 58.6. The van der Waals surface area contributed by atoms with Crippen LogP contribution in [0.4, 0.5) is 0 Å². The molecule has 1 aliphatic rings. The minimum Gasteiger partial charge on any atom is -0.508 e. The molecule has 0 radical (unpaired) electrons. The number of carbonyl (C=O) groups excluding carboxylic acids is 4. The van der Waals surface area contributed by atoms with E-state index in [9.17, 15) is 34.5 Å². The van der Waals surface area contributed by atoms with E-state index in [0.717, 1.165) is 56.0 Å². The Kier molecular flexibility index (Phi) is 22.8. The molecule has 4 aromatic carbocycles. The third kappa shape index (κ3) is 18.0. The van der Waals surface area contributed by atoms with Gasteiger partial charge in [0.2, 0.25) is 23.6 Å². The molecule has 1 fully saturated rings. The second-order valence-corrected chi connectivity index (χ2v) is 20.3. The number of aromatic hydroxyl groups is 2. The number of aliphatic hydroxyl groups excluding tert-OH is 1. The van der Waals surface area contributed by atoms with Crippen LogP contribution in [0.1, 0.15) is 81.3 Å². The van der Waals surface area contributed by atoms with Gasteiger partial charge in [-0.2, -0.15) is 0 Å². The first-order valence-electron chi connectivity index (χ1n) is 25.8. The molecule has 1 aromatic heterocycles. The molecule has 0 bridgehead atoms. The minimum absolute atomic E-state index is 0.0116. The number of aromatic nitrogens is 1. The Morgan fingerprint density at radius 1 is 0.711 bits per heavy atom. The lowest BCUT2D eigenvalue weighted by molar-refractivity contribution is -0.144. The van der Waals surface area contributed by atoms with Crippen LogP contribution in [0.2, 0.25) is 0 Å². The van der Waals surface area contributed by atoms with Gasteiger partial charge in [0.15, 0.2) is 0 Å². The van der Waals surface area contributed by atoms with E-state index < -0.39 is 29.5 Å². The number of nitrogens with one attached hydrogen (secondary N) is 3. The van der Waals surface area contributed by atoms with Crippen molar-refractivity contribution in [2.75, 3.05) is 72.6 Å². The summed E-state index contributed by atoms with van der Waals surface area (Å²) in [6, 6.07) is 28.0. The molecule has 4 amide bonds. The van der Waals surface area contributed by atoms with Gasteiger partial charge in [-0.25, -0.2) is 4.98 Å². The van der Waals surface area contributed by atoms with Crippen LogP contribution in [0, 0.1) is 12.3 Å². The zero-order valence-corrected chi connectivity index (χ0v) is 45.0. The van der Waals surface area contributed by atoms with Crippen molar-refractivity contribution in [1.82, 2.24) is 25.8 Å². The van der Waals surface area contributed by atoms with Crippen molar-refractivity contribution in [1.29, 1.82) is 0 Å². The van der Waals surface area contributed by atoms with Gasteiger partial charge in [0.05, 0.1) is 81.6 Å². The quantitative estimate of drug-likeness (QED) is 0.0209. The molecule has 6 rings (SSSR count). The van der Waals surface area contributed by atoms with Crippen LogP contribution in [-0.2, 0) is 44.7 Å². The Morgan fingerprint density at radius 3 is 1.79 bits per heavy atom. The highest BCUT2D eigenvalue weighted by atomic mass is 32.1. The number of allylic oxidation sites excluding steroid dienone is 1. The Morgan fingerprint density at radius 2 is 1.25 bits per heavy atom. The third-order valence-corrected chi connectivity index (χ3v) is 13.6. The SMILES string of the molecule is CCC(=C(c1ccc(O)cc1)c1ccc(OCCNC(=O)CCOCCOCCOCCOCCC(=O)N[C@H](C(=O)N2C[C@H](O)C[C@H]2C(=O)NCc2ccc(-c3scnc3C)cc2)C(C)(C)C)cc1)c1ccc(O)cc1. The summed E-state index contributed by atoms with van der Waals surface area (Å²) >= 11 is 1.57. The number of β-amino-alcohol motifs (C(OH)–C–C–N with tert-alkyl or cyclic N) is 1. The molecule has 18 heteroatoms. The summed E-state index contributed by atoms with van der Waals surface area (Å²) in [4.78, 5) is 59.5. The van der Waals surface area contributed by atoms with Gasteiger partial charge in [-0.15, -0.1) is 11.3 Å². The van der Waals surface area contributed by atoms with Crippen molar-refractivity contribution in [2.24, 2.45) is 5.41 Å². The normalized spacial score (nSPS) is 15.2. The smallest absolute Gasteiger partial charge is 0.246 e. The van der Waals surface area contributed by atoms with E-state index in [1.807, 2.05) is 106 Å². The van der Waals surface area contributed by atoms with E-state index in [1.165, 1.54) is 4.90 Å². The van der Waals surface area contributed by atoms with Crippen molar-refractivity contribution < 1.29 is 58.2 Å². The van der Waals surface area contributed by atoms with E-state index >= 15 is 0 Å². The second-order valence-electron chi connectivity index (χ2n) is 19.4. The van der Waals surface area contributed by atoms with Crippen LogP contribution < -0.4 is 20.7 Å². The average molecular weight is 1060 g/mol. The summed E-state index contributed by atoms with van der Waals surface area (Å²) < 4.78 is 28.2. The highest BCUT2D eigenvalue weighted by molar-refractivity contribution is 7.13. The molecular formula is C58H73N5O12S. The molecule has 3 atom stereocenters. The number of rotatable bonds is 29. The Balaban J connectivity index is 0.780. The number of phenolic OH excluding ortho intramolecular Hbond substituents is 2. The monoisotopic (exact) mass is 1060 g/mol. The highest BCUT2D eigenvalue weighted by Gasteiger charge is 2.44. The number of aliphatic hydroxyl groups is 1. The van der Waals surface area contributed by atoms with Crippen molar-refractivity contribution in [2.45, 2.75) is 85.0 Å². The molecule has 2 heterocycles. The maximum atomic E-state index is 13.9. The summed E-state index contributed by atoms with van der Waals surface area (Å²) in [6.45, 7) is 12.6. The van der Waals surface area contributed by atoms with Crippen LogP contribution in [-0.4, -0.2) is 140 Å². The average Bonchev–Trinajstić information content (AvgIpc) is 4.03. The molecule has 76 heavy (non-hydrogen) atoms. The fraction of sp³-hybridized carbons (Fsp3) is 0.431. The topological polar surface area (TPSA) is 227 Å². The summed E-state index contributed by atoms with van der Waals surface area (Å²) in [5.41, 5.74) is 9.02. The number of thiazole rings is 1. The molecule has 408 valence electrons. The van der Waals surface area contributed by atoms with E-state index in [0.29, 0.717) is 45.3 Å². The van der Waals surface area contributed by atoms with Gasteiger partial charge < -0.3 is 59.9 Å². The number of amides is 4. The molecule has 0 unspecified atom stereocenters. The van der Waals surface area contributed by atoms with Crippen molar-refractivity contribution in [3.8, 4) is 27.7 Å². The molecule has 1 aliphatic heterocycles. The lowest BCUT2D eigenvalue weighted by Gasteiger charge is -2.35. The van der Waals surface area contributed by atoms with E-state index in [4.69, 9.17) is 23.7 Å². The van der Waals surface area contributed by atoms with Gasteiger partial charge >= 0.3 is 0 Å². The zero-order chi connectivity index (χ0) is 54.5. The van der Waals surface area contributed by atoms with Gasteiger partial charge in [0.1, 0.15) is 35.9 Å². The number of ether oxygens (including phenoxy) is 5. The fourth-order valence-electron chi connectivity index (χ4n) is 8.60. The molecule has 17 nitrogen and oxygen atoms in total. The fourth-order valence-corrected chi connectivity index (χ4v) is 9.41. The van der Waals surface area contributed by atoms with E-state index in [2.05, 4.69) is 27.9 Å². The maximum absolute atomic E-state index is 13.9. The van der Waals surface area contributed by atoms with Gasteiger partial charge in [0.25, 0.3) is 0 Å². The first-order valence-corrected chi connectivity index (χ1v) is 26.7. The number of hydrogen-bond acceptors (Lipinski definition) is 14. The number of phenols is 2. The van der Waals surface area contributed by atoms with E-state index in [-0.39, 0.29) is 88.0 Å². The Bertz CT molecular complexity index is 2650. The van der Waals surface area contributed by atoms with Crippen LogP contribution in [0.5, 0.6) is 17.2 Å². The second kappa shape index (κ2) is 29.6. The predicted octanol–water partition coefficient (Wildman–Crippen LogP) is 7.05. The first-order chi connectivity index (χ1) is 36.6. The number of likely N-dealkylation sites (tertiary alicyclic amines) is 1. The van der Waals surface area contributed by atoms with Crippen LogP contribution in [0.3, 0.4) is 0 Å². The third-order valence-electron chi connectivity index (χ3n) is 12.6. The van der Waals surface area contributed by atoms with Gasteiger partial charge in [-0.3, -0.25) is 19.2 Å². The summed E-state index contributed by atoms with van der Waals surface area (Å²) in [7, 11) is 0. The number of hydrogen-bond donors (Lipinski definition) is 6. The molecule has 1 saturated heterocycles. The molecule has 6 N–H and O–H groups in total.